The Balaban J connectivity index is 1.28. The Morgan fingerprint density at radius 2 is 1.86 bits per heavy atom. The first-order chi connectivity index (χ1) is 17.8. The highest BCUT2D eigenvalue weighted by atomic mass is 19.4. The lowest BCUT2D eigenvalue weighted by Crippen LogP contribution is -2.35. The quantitative estimate of drug-likeness (QED) is 0.375. The van der Waals surface area contributed by atoms with E-state index in [0.717, 1.165) is 34.7 Å². The number of hydrogen-bond donors (Lipinski definition) is 1. The highest BCUT2D eigenvalue weighted by Gasteiger charge is 2.30. The van der Waals surface area contributed by atoms with E-state index in [9.17, 15) is 18.0 Å². The summed E-state index contributed by atoms with van der Waals surface area (Å²) in [6.07, 6.45) is -2.00. The second kappa shape index (κ2) is 10.2. The van der Waals surface area contributed by atoms with E-state index >= 15 is 0 Å². The van der Waals surface area contributed by atoms with Crippen LogP contribution in [0.2, 0.25) is 0 Å². The third-order valence-electron chi connectivity index (χ3n) is 6.31. The zero-order valence-electron chi connectivity index (χ0n) is 20.2. The number of alkyl halides is 3. The van der Waals surface area contributed by atoms with E-state index in [2.05, 4.69) is 19.9 Å². The summed E-state index contributed by atoms with van der Waals surface area (Å²) in [5, 5.41) is 0. The standard InChI is InChI=1S/C28H25F3N4O2/c1-2-37-22-5-3-4-20(14-22)24-11-6-18(15-32-24)16-35-13-12-25-23(17-35)27(36)34-26(33-25)19-7-9-21(10-8-19)28(29,30)31/h3-11,14-15H,2,12-13,16-17H2,1H3,(H,33,34,36). The average molecular weight is 507 g/mol. The number of benzene rings is 2. The zero-order valence-corrected chi connectivity index (χ0v) is 20.2. The fourth-order valence-corrected chi connectivity index (χ4v) is 4.43. The average Bonchev–Trinajstić information content (AvgIpc) is 2.89. The van der Waals surface area contributed by atoms with Crippen LogP contribution >= 0.6 is 0 Å². The maximum atomic E-state index is 12.9. The fourth-order valence-electron chi connectivity index (χ4n) is 4.43. The highest BCUT2D eigenvalue weighted by Crippen LogP contribution is 2.30. The van der Waals surface area contributed by atoms with Crippen LogP contribution in [-0.2, 0) is 25.7 Å². The van der Waals surface area contributed by atoms with Crippen molar-refractivity contribution < 1.29 is 17.9 Å². The number of halogens is 3. The van der Waals surface area contributed by atoms with Gasteiger partial charge in [0.25, 0.3) is 5.56 Å². The van der Waals surface area contributed by atoms with Crippen LogP contribution in [0, 0.1) is 0 Å². The summed E-state index contributed by atoms with van der Waals surface area (Å²) in [5.74, 6) is 1.08. The molecule has 0 saturated carbocycles. The van der Waals surface area contributed by atoms with Crippen LogP contribution in [0.1, 0.15) is 29.3 Å². The smallest absolute Gasteiger partial charge is 0.416 e. The molecule has 0 saturated heterocycles. The van der Waals surface area contributed by atoms with Gasteiger partial charge in [0.15, 0.2) is 0 Å². The topological polar surface area (TPSA) is 71.1 Å². The van der Waals surface area contributed by atoms with Gasteiger partial charge in [0.05, 0.1) is 29.1 Å². The molecular formula is C28H25F3N4O2. The molecule has 0 radical (unpaired) electrons. The molecule has 190 valence electrons. The number of pyridine rings is 1. The van der Waals surface area contributed by atoms with Crippen molar-refractivity contribution in [2.24, 2.45) is 0 Å². The molecule has 0 spiro atoms. The van der Waals surface area contributed by atoms with Crippen LogP contribution in [0.15, 0.2) is 71.7 Å². The van der Waals surface area contributed by atoms with Gasteiger partial charge in [-0.25, -0.2) is 4.98 Å². The number of ether oxygens (including phenoxy) is 1. The van der Waals surface area contributed by atoms with Gasteiger partial charge < -0.3 is 9.72 Å². The molecule has 2 aromatic carbocycles. The molecule has 0 unspecified atom stereocenters. The van der Waals surface area contributed by atoms with Crippen LogP contribution in [0.5, 0.6) is 5.75 Å². The van der Waals surface area contributed by atoms with Crippen molar-refractivity contribution in [3.8, 4) is 28.4 Å². The van der Waals surface area contributed by atoms with Gasteiger partial charge in [-0.15, -0.1) is 0 Å². The van der Waals surface area contributed by atoms with E-state index in [1.807, 2.05) is 49.5 Å². The fraction of sp³-hybridized carbons (Fsp3) is 0.250. The molecule has 3 heterocycles. The maximum absolute atomic E-state index is 12.9. The minimum absolute atomic E-state index is 0.271. The third-order valence-corrected chi connectivity index (χ3v) is 6.31. The second-order valence-electron chi connectivity index (χ2n) is 8.89. The van der Waals surface area contributed by atoms with Crippen LogP contribution < -0.4 is 10.3 Å². The molecule has 4 aromatic rings. The van der Waals surface area contributed by atoms with Gasteiger partial charge in [0.2, 0.25) is 0 Å². The van der Waals surface area contributed by atoms with Gasteiger partial charge in [0, 0.05) is 43.4 Å². The largest absolute Gasteiger partial charge is 0.494 e. The lowest BCUT2D eigenvalue weighted by atomic mass is 10.0. The summed E-state index contributed by atoms with van der Waals surface area (Å²) in [4.78, 5) is 26.9. The van der Waals surface area contributed by atoms with E-state index in [4.69, 9.17) is 4.74 Å². The first kappa shape index (κ1) is 24.7. The molecule has 9 heteroatoms. The number of H-pyrrole nitrogens is 1. The Kier molecular flexibility index (Phi) is 6.80. The lowest BCUT2D eigenvalue weighted by Gasteiger charge is -2.27. The number of nitrogens with one attached hydrogen (secondary N) is 1. The molecule has 37 heavy (non-hydrogen) atoms. The molecule has 1 aliphatic heterocycles. The molecule has 0 atom stereocenters. The van der Waals surface area contributed by atoms with Crippen LogP contribution in [0.3, 0.4) is 0 Å². The van der Waals surface area contributed by atoms with E-state index in [-0.39, 0.29) is 11.4 Å². The minimum Gasteiger partial charge on any atom is -0.494 e. The number of rotatable bonds is 6. The summed E-state index contributed by atoms with van der Waals surface area (Å²) >= 11 is 0. The van der Waals surface area contributed by atoms with Crippen molar-refractivity contribution in [1.82, 2.24) is 19.9 Å². The summed E-state index contributed by atoms with van der Waals surface area (Å²) in [5.41, 5.74) is 3.54. The molecule has 2 aromatic heterocycles. The first-order valence-electron chi connectivity index (χ1n) is 12.0. The van der Waals surface area contributed by atoms with Crippen molar-refractivity contribution in [1.29, 1.82) is 0 Å². The summed E-state index contributed by atoms with van der Waals surface area (Å²) in [6, 6.07) is 16.4. The number of hydrogen-bond acceptors (Lipinski definition) is 5. The number of fused-ring (bicyclic) bond motifs is 1. The molecule has 6 nitrogen and oxygen atoms in total. The number of nitrogens with zero attached hydrogens (tertiary/aromatic N) is 3. The molecule has 1 aliphatic rings. The van der Waals surface area contributed by atoms with E-state index in [1.54, 1.807) is 0 Å². The van der Waals surface area contributed by atoms with Gasteiger partial charge in [-0.1, -0.05) is 30.3 Å². The van der Waals surface area contributed by atoms with Gasteiger partial charge in [-0.3, -0.25) is 14.7 Å². The molecular weight excluding hydrogens is 481 g/mol. The summed E-state index contributed by atoms with van der Waals surface area (Å²) in [6.45, 7) is 4.31. The van der Waals surface area contributed by atoms with Gasteiger partial charge in [-0.05, 0) is 42.8 Å². The molecule has 0 bridgehead atoms. The molecule has 0 fully saturated rings. The second-order valence-corrected chi connectivity index (χ2v) is 8.89. The Hall–Kier alpha value is -3.98. The monoisotopic (exact) mass is 506 g/mol. The molecule has 0 aliphatic carbocycles. The molecule has 1 N–H and O–H groups in total. The summed E-state index contributed by atoms with van der Waals surface area (Å²) < 4.78 is 44.1. The minimum atomic E-state index is -4.41. The Bertz CT molecular complexity index is 1450. The van der Waals surface area contributed by atoms with Crippen molar-refractivity contribution >= 4 is 0 Å². The number of aromatic nitrogens is 3. The van der Waals surface area contributed by atoms with Crippen molar-refractivity contribution in [2.75, 3.05) is 13.2 Å². The number of aromatic amines is 1. The molecule has 0 amide bonds. The predicted octanol–water partition coefficient (Wildman–Crippen LogP) is 5.47. The highest BCUT2D eigenvalue weighted by molar-refractivity contribution is 5.61. The maximum Gasteiger partial charge on any atom is 0.416 e. The Morgan fingerprint density at radius 1 is 1.05 bits per heavy atom. The van der Waals surface area contributed by atoms with E-state index in [0.29, 0.717) is 49.5 Å². The normalized spacial score (nSPS) is 13.8. The van der Waals surface area contributed by atoms with Crippen LogP contribution in [0.25, 0.3) is 22.6 Å². The Morgan fingerprint density at radius 3 is 2.57 bits per heavy atom. The third kappa shape index (κ3) is 5.56. The Labute approximate surface area is 211 Å². The van der Waals surface area contributed by atoms with Gasteiger partial charge in [-0.2, -0.15) is 13.2 Å². The van der Waals surface area contributed by atoms with Crippen LogP contribution in [0.4, 0.5) is 13.2 Å². The van der Waals surface area contributed by atoms with E-state index in [1.165, 1.54) is 12.1 Å². The first-order valence-corrected chi connectivity index (χ1v) is 12.0. The zero-order chi connectivity index (χ0) is 26.0. The SMILES string of the molecule is CCOc1cccc(-c2ccc(CN3CCc4nc(-c5ccc(C(F)(F)F)cc5)[nH]c(=O)c4C3)cn2)c1. The summed E-state index contributed by atoms with van der Waals surface area (Å²) in [7, 11) is 0. The predicted molar refractivity (Wildman–Crippen MR) is 134 cm³/mol. The van der Waals surface area contributed by atoms with Crippen LogP contribution in [-0.4, -0.2) is 33.0 Å². The lowest BCUT2D eigenvalue weighted by molar-refractivity contribution is -0.137. The van der Waals surface area contributed by atoms with Crippen molar-refractivity contribution in [2.45, 2.75) is 32.6 Å². The van der Waals surface area contributed by atoms with Gasteiger partial charge >= 0.3 is 6.18 Å². The van der Waals surface area contributed by atoms with Gasteiger partial charge in [0.1, 0.15) is 11.6 Å². The molecule has 5 rings (SSSR count). The van der Waals surface area contributed by atoms with E-state index < -0.39 is 11.7 Å². The van der Waals surface area contributed by atoms with Crippen molar-refractivity contribution in [3.63, 3.8) is 0 Å². The van der Waals surface area contributed by atoms with Crippen molar-refractivity contribution in [3.05, 3.63) is 99.6 Å².